The van der Waals surface area contributed by atoms with Crippen molar-refractivity contribution in [1.29, 1.82) is 0 Å². The van der Waals surface area contributed by atoms with Gasteiger partial charge in [-0.2, -0.15) is 0 Å². The molecule has 2 aromatic rings. The molecule has 2 aromatic carbocycles. The van der Waals surface area contributed by atoms with E-state index >= 15 is 0 Å². The summed E-state index contributed by atoms with van der Waals surface area (Å²) in [5.41, 5.74) is 7.20. The molecule has 0 unspecified atom stereocenters. The summed E-state index contributed by atoms with van der Waals surface area (Å²) < 4.78 is 5.93. The Labute approximate surface area is 158 Å². The van der Waals surface area contributed by atoms with Crippen LogP contribution in [0.4, 0.5) is 0 Å². The number of ether oxygens (including phenoxy) is 1. The van der Waals surface area contributed by atoms with Gasteiger partial charge in [0.2, 0.25) is 5.78 Å². The number of aliphatic imine (C=N–C) groups is 1. The number of fused-ring (bicyclic) bond motifs is 2. The minimum Gasteiger partial charge on any atom is -0.470 e. The number of nitrogens with zero attached hydrogens (tertiary/aromatic N) is 1. The van der Waals surface area contributed by atoms with Crippen molar-refractivity contribution in [2.24, 2.45) is 10.7 Å². The molecule has 0 aromatic heterocycles. The van der Waals surface area contributed by atoms with E-state index in [4.69, 9.17) is 27.1 Å². The van der Waals surface area contributed by atoms with Gasteiger partial charge in [-0.25, -0.2) is 4.99 Å². The van der Waals surface area contributed by atoms with Gasteiger partial charge in [-0.3, -0.25) is 4.79 Å². The predicted molar refractivity (Wildman–Crippen MR) is 102 cm³/mol. The van der Waals surface area contributed by atoms with E-state index in [-0.39, 0.29) is 11.8 Å². The van der Waals surface area contributed by atoms with E-state index in [0.29, 0.717) is 30.2 Å². The molecule has 2 N–H and O–H groups in total. The maximum atomic E-state index is 13.1. The van der Waals surface area contributed by atoms with Crippen molar-refractivity contribution in [3.05, 3.63) is 70.7 Å². The molecule has 0 amide bonds. The second-order valence-electron chi connectivity index (χ2n) is 6.93. The molecule has 1 aliphatic carbocycles. The van der Waals surface area contributed by atoms with E-state index in [2.05, 4.69) is 0 Å². The zero-order valence-electron chi connectivity index (χ0n) is 14.4. The summed E-state index contributed by atoms with van der Waals surface area (Å²) in [5.74, 6) is 0.555. The first-order valence-corrected chi connectivity index (χ1v) is 9.33. The van der Waals surface area contributed by atoms with Crippen molar-refractivity contribution in [2.45, 2.75) is 43.4 Å². The average Bonchev–Trinajstić information content (AvgIpc) is 2.64. The van der Waals surface area contributed by atoms with Gasteiger partial charge in [0.25, 0.3) is 0 Å². The lowest BCUT2D eigenvalue weighted by atomic mass is 9.74. The molecule has 2 aliphatic rings. The van der Waals surface area contributed by atoms with Crippen LogP contribution in [0.25, 0.3) is 0 Å². The Morgan fingerprint density at radius 1 is 1.19 bits per heavy atom. The lowest BCUT2D eigenvalue weighted by Crippen LogP contribution is -2.51. The Bertz CT molecular complexity index is 852. The molecule has 4 nitrogen and oxygen atoms in total. The van der Waals surface area contributed by atoms with E-state index in [0.717, 1.165) is 17.5 Å². The van der Waals surface area contributed by atoms with Gasteiger partial charge in [0.05, 0.1) is 0 Å². The zero-order valence-corrected chi connectivity index (χ0v) is 15.2. The van der Waals surface area contributed by atoms with E-state index in [1.807, 2.05) is 54.6 Å². The maximum absolute atomic E-state index is 13.1. The molecular formula is C21H21ClN2O2. The lowest BCUT2D eigenvalue weighted by molar-refractivity contribution is -0.137. The van der Waals surface area contributed by atoms with Crippen LogP contribution >= 0.6 is 11.6 Å². The number of hydrogen-bond acceptors (Lipinski definition) is 4. The normalized spacial score (nSPS) is 26.0. The summed E-state index contributed by atoms with van der Waals surface area (Å²) in [6.45, 7) is 0. The van der Waals surface area contributed by atoms with Gasteiger partial charge < -0.3 is 10.5 Å². The number of nitrogens with two attached hydrogens (primary N) is 1. The minimum atomic E-state index is -0.939. The van der Waals surface area contributed by atoms with Crippen LogP contribution in [0.2, 0.25) is 5.02 Å². The molecule has 1 aliphatic heterocycles. The molecule has 2 bridgehead atoms. The summed E-state index contributed by atoms with van der Waals surface area (Å²) in [5, 5.41) is 0.568. The molecule has 0 spiro atoms. The Balaban J connectivity index is 1.71. The molecule has 3 atom stereocenters. The van der Waals surface area contributed by atoms with Crippen molar-refractivity contribution in [2.75, 3.05) is 0 Å². The van der Waals surface area contributed by atoms with Crippen molar-refractivity contribution < 1.29 is 9.53 Å². The molecule has 134 valence electrons. The van der Waals surface area contributed by atoms with E-state index in [1.165, 1.54) is 0 Å². The zero-order chi connectivity index (χ0) is 18.1. The van der Waals surface area contributed by atoms with Crippen LogP contribution < -0.4 is 5.73 Å². The van der Waals surface area contributed by atoms with Gasteiger partial charge in [-0.05, 0) is 30.9 Å². The fourth-order valence-electron chi connectivity index (χ4n) is 3.92. The van der Waals surface area contributed by atoms with E-state index in [1.54, 1.807) is 0 Å². The highest BCUT2D eigenvalue weighted by molar-refractivity contribution is 6.32. The van der Waals surface area contributed by atoms with Crippen LogP contribution in [0.5, 0.6) is 0 Å². The van der Waals surface area contributed by atoms with Crippen molar-refractivity contribution >= 4 is 23.3 Å². The highest BCUT2D eigenvalue weighted by Crippen LogP contribution is 2.44. The van der Waals surface area contributed by atoms with Crippen LogP contribution in [-0.4, -0.2) is 17.8 Å². The Kier molecular flexibility index (Phi) is 4.55. The van der Waals surface area contributed by atoms with Crippen molar-refractivity contribution in [1.82, 2.24) is 0 Å². The summed E-state index contributed by atoms with van der Waals surface area (Å²) >= 11 is 6.43. The van der Waals surface area contributed by atoms with E-state index < -0.39 is 11.6 Å². The van der Waals surface area contributed by atoms with Crippen LogP contribution in [0, 0.1) is 0 Å². The number of halogens is 1. The molecule has 0 radical (unpaired) electrons. The average molecular weight is 369 g/mol. The molecule has 26 heavy (non-hydrogen) atoms. The van der Waals surface area contributed by atoms with Crippen molar-refractivity contribution in [3.8, 4) is 0 Å². The standard InChI is InChI=1S/C21H21ClN2O2/c22-16-10-5-4-9-15(16)21-12-6-11-18(20(21)25)26-19(24-21)13-17(23)14-7-2-1-3-8-14/h1-5,7-10,17-18H,6,11-13,23H2/t17-,18+,21+/m0/s1. The molecule has 5 heteroatoms. The largest absolute Gasteiger partial charge is 0.470 e. The van der Waals surface area contributed by atoms with Crippen LogP contribution in [0.1, 0.15) is 42.9 Å². The topological polar surface area (TPSA) is 64.7 Å². The summed E-state index contributed by atoms with van der Waals surface area (Å²) in [6.07, 6.45) is 2.24. The quantitative estimate of drug-likeness (QED) is 0.880. The van der Waals surface area contributed by atoms with Gasteiger partial charge >= 0.3 is 0 Å². The number of carbonyl (C=O) groups excluding carboxylic acids is 1. The maximum Gasteiger partial charge on any atom is 0.205 e. The summed E-state index contributed by atoms with van der Waals surface area (Å²) in [7, 11) is 0. The van der Waals surface area contributed by atoms with Crippen LogP contribution in [0.3, 0.4) is 0 Å². The van der Waals surface area contributed by atoms with E-state index in [9.17, 15) is 4.79 Å². The SMILES string of the molecule is N[C@@H](CC1=N[C@@]2(c3ccccc3Cl)CCC[C@@H](O1)C2=O)c1ccccc1. The molecule has 1 heterocycles. The second kappa shape index (κ2) is 6.86. The Morgan fingerprint density at radius 3 is 2.69 bits per heavy atom. The first-order valence-electron chi connectivity index (χ1n) is 8.95. The molecule has 1 saturated carbocycles. The number of hydrogen-bond donors (Lipinski definition) is 1. The third-order valence-corrected chi connectivity index (χ3v) is 5.57. The van der Waals surface area contributed by atoms with Crippen LogP contribution in [0.15, 0.2) is 59.6 Å². The fraction of sp³-hybridized carbons (Fsp3) is 0.333. The molecule has 1 fully saturated rings. The first kappa shape index (κ1) is 17.3. The minimum absolute atomic E-state index is 0.00822. The molecular weight excluding hydrogens is 348 g/mol. The summed E-state index contributed by atoms with van der Waals surface area (Å²) in [6, 6.07) is 17.1. The Morgan fingerprint density at radius 2 is 1.92 bits per heavy atom. The highest BCUT2D eigenvalue weighted by atomic mass is 35.5. The fourth-order valence-corrected chi connectivity index (χ4v) is 4.21. The van der Waals surface area contributed by atoms with Gasteiger partial charge in [0.15, 0.2) is 17.5 Å². The smallest absolute Gasteiger partial charge is 0.205 e. The Hall–Kier alpha value is -2.17. The number of benzene rings is 2. The number of ketones is 1. The van der Waals surface area contributed by atoms with Crippen molar-refractivity contribution in [3.63, 3.8) is 0 Å². The second-order valence-corrected chi connectivity index (χ2v) is 7.34. The summed E-state index contributed by atoms with van der Waals surface area (Å²) in [4.78, 5) is 17.9. The van der Waals surface area contributed by atoms with Gasteiger partial charge in [-0.1, -0.05) is 60.1 Å². The van der Waals surface area contributed by atoms with Gasteiger partial charge in [0.1, 0.15) is 0 Å². The molecule has 4 rings (SSSR count). The highest BCUT2D eigenvalue weighted by Gasteiger charge is 2.51. The molecule has 0 saturated heterocycles. The third kappa shape index (κ3) is 2.93. The number of Topliss-reactive ketones (excluding diaryl/α,β-unsaturated/α-hetero) is 1. The van der Waals surface area contributed by atoms with Gasteiger partial charge in [0, 0.05) is 23.0 Å². The lowest BCUT2D eigenvalue weighted by Gasteiger charge is -2.41. The first-order chi connectivity index (χ1) is 12.6. The monoisotopic (exact) mass is 368 g/mol. The third-order valence-electron chi connectivity index (χ3n) is 5.24. The van der Waals surface area contributed by atoms with Gasteiger partial charge in [-0.15, -0.1) is 0 Å². The number of carbonyl (C=O) groups is 1. The number of rotatable bonds is 4. The van der Waals surface area contributed by atoms with Crippen LogP contribution in [-0.2, 0) is 15.1 Å². The predicted octanol–water partition coefficient (Wildman–Crippen LogP) is 4.18.